The van der Waals surface area contributed by atoms with E-state index in [4.69, 9.17) is 4.42 Å². The van der Waals surface area contributed by atoms with E-state index in [0.29, 0.717) is 11.6 Å². The molecule has 1 aromatic heterocycles. The highest BCUT2D eigenvalue weighted by Crippen LogP contribution is 2.31. The van der Waals surface area contributed by atoms with Crippen molar-refractivity contribution >= 4 is 22.7 Å². The van der Waals surface area contributed by atoms with Crippen molar-refractivity contribution in [3.05, 3.63) is 106 Å². The van der Waals surface area contributed by atoms with Gasteiger partial charge in [0.1, 0.15) is 5.58 Å². The molecule has 0 atom stereocenters. The van der Waals surface area contributed by atoms with Gasteiger partial charge in [-0.25, -0.2) is 4.79 Å². The van der Waals surface area contributed by atoms with Crippen molar-refractivity contribution in [3.8, 4) is 11.1 Å². The maximum absolute atomic E-state index is 12.2. The third kappa shape index (κ3) is 5.13. The number of hydrogen-bond donors (Lipinski definition) is 1. The zero-order chi connectivity index (χ0) is 23.3. The molecule has 34 heavy (non-hydrogen) atoms. The average molecular weight is 451 g/mol. The Morgan fingerprint density at radius 2 is 1.74 bits per heavy atom. The molecule has 0 spiro atoms. The second-order valence-corrected chi connectivity index (χ2v) is 9.04. The largest absolute Gasteiger partial charge is 0.423 e. The van der Waals surface area contributed by atoms with E-state index in [1.807, 2.05) is 18.2 Å². The fraction of sp³-hybridized carbons (Fsp3) is 0.233. The summed E-state index contributed by atoms with van der Waals surface area (Å²) in [5.74, 6) is 0. The lowest BCUT2D eigenvalue weighted by Crippen LogP contribution is -2.39. The van der Waals surface area contributed by atoms with E-state index in [1.54, 1.807) is 6.07 Å². The van der Waals surface area contributed by atoms with Gasteiger partial charge in [0.25, 0.3) is 0 Å². The van der Waals surface area contributed by atoms with Crippen molar-refractivity contribution in [2.45, 2.75) is 25.8 Å². The quantitative estimate of drug-likeness (QED) is 0.347. The number of nitrogens with zero attached hydrogens (tertiary/aromatic N) is 1. The Labute approximate surface area is 200 Å². The first-order valence-corrected chi connectivity index (χ1v) is 12.0. The molecule has 0 saturated carbocycles. The van der Waals surface area contributed by atoms with Gasteiger partial charge in [-0.15, -0.1) is 0 Å². The minimum absolute atomic E-state index is 0.317. The number of likely N-dealkylation sites (tertiary alicyclic amines) is 1. The van der Waals surface area contributed by atoms with Crippen molar-refractivity contribution in [2.75, 3.05) is 25.0 Å². The fourth-order valence-electron chi connectivity index (χ4n) is 4.73. The van der Waals surface area contributed by atoms with Crippen LogP contribution < -0.4 is 10.9 Å². The van der Waals surface area contributed by atoms with Crippen LogP contribution >= 0.6 is 0 Å². The summed E-state index contributed by atoms with van der Waals surface area (Å²) < 4.78 is 5.50. The lowest BCUT2D eigenvalue weighted by Gasteiger charge is -2.32. The Kier molecular flexibility index (Phi) is 6.59. The molecule has 0 aliphatic carbocycles. The summed E-state index contributed by atoms with van der Waals surface area (Å²) in [4.78, 5) is 14.7. The molecule has 1 aliphatic rings. The van der Waals surface area contributed by atoms with Crippen LogP contribution in [0.15, 0.2) is 94.2 Å². The molecule has 0 amide bonds. The van der Waals surface area contributed by atoms with Crippen molar-refractivity contribution in [2.24, 2.45) is 0 Å². The van der Waals surface area contributed by atoms with E-state index >= 15 is 0 Å². The number of hydrogen-bond acceptors (Lipinski definition) is 4. The van der Waals surface area contributed by atoms with E-state index in [9.17, 15) is 4.79 Å². The summed E-state index contributed by atoms with van der Waals surface area (Å²) in [5, 5.41) is 4.61. The number of nitrogens with one attached hydrogen (secondary N) is 1. The third-order valence-electron chi connectivity index (χ3n) is 6.62. The minimum atomic E-state index is -0.317. The van der Waals surface area contributed by atoms with Gasteiger partial charge in [0.05, 0.1) is 5.69 Å². The molecule has 1 aliphatic heterocycles. The third-order valence-corrected chi connectivity index (χ3v) is 6.62. The van der Waals surface area contributed by atoms with E-state index in [1.165, 1.54) is 16.7 Å². The molecular weight excluding hydrogens is 420 g/mol. The van der Waals surface area contributed by atoms with Gasteiger partial charge in [0.2, 0.25) is 0 Å². The second-order valence-electron chi connectivity index (χ2n) is 9.04. The number of piperidine rings is 1. The summed E-state index contributed by atoms with van der Waals surface area (Å²) in [5.41, 5.74) is 5.95. The van der Waals surface area contributed by atoms with E-state index in [-0.39, 0.29) is 5.63 Å². The Morgan fingerprint density at radius 1 is 0.971 bits per heavy atom. The van der Waals surface area contributed by atoms with Crippen LogP contribution in [0.2, 0.25) is 0 Å². The van der Waals surface area contributed by atoms with E-state index in [0.717, 1.165) is 49.1 Å². The number of rotatable bonds is 6. The standard InChI is InChI=1S/C30H30N2O2/c1-22-8-5-6-12-26(22)24-13-14-29-27(20-24)28(21-30(33)34-29)31-25-15-18-32(19-16-25)17-7-11-23-9-3-2-4-10-23/h2-14,20-21,25,31H,15-19H2,1H3. The molecule has 1 fully saturated rings. The second kappa shape index (κ2) is 10.1. The zero-order valence-electron chi connectivity index (χ0n) is 19.5. The lowest BCUT2D eigenvalue weighted by molar-refractivity contribution is 0.240. The molecule has 4 heteroatoms. The first kappa shape index (κ1) is 22.2. The van der Waals surface area contributed by atoms with Crippen molar-refractivity contribution in [1.29, 1.82) is 0 Å². The maximum Gasteiger partial charge on any atom is 0.338 e. The molecule has 1 N–H and O–H groups in total. The summed E-state index contributed by atoms with van der Waals surface area (Å²) >= 11 is 0. The van der Waals surface area contributed by atoms with Crippen LogP contribution in [0.5, 0.6) is 0 Å². The summed E-state index contributed by atoms with van der Waals surface area (Å²) in [6.07, 6.45) is 6.51. The van der Waals surface area contributed by atoms with Crippen LogP contribution in [0, 0.1) is 6.92 Å². The van der Waals surface area contributed by atoms with Gasteiger partial charge in [-0.05, 0) is 54.2 Å². The van der Waals surface area contributed by atoms with Crippen molar-refractivity contribution in [1.82, 2.24) is 4.90 Å². The summed E-state index contributed by atoms with van der Waals surface area (Å²) in [6.45, 7) is 5.14. The predicted octanol–water partition coefficient (Wildman–Crippen LogP) is 6.36. The Morgan fingerprint density at radius 3 is 2.53 bits per heavy atom. The van der Waals surface area contributed by atoms with Gasteiger partial charge in [-0.2, -0.15) is 0 Å². The average Bonchev–Trinajstić information content (AvgIpc) is 2.86. The summed E-state index contributed by atoms with van der Waals surface area (Å²) in [6, 6.07) is 26.8. The van der Waals surface area contributed by atoms with E-state index < -0.39 is 0 Å². The van der Waals surface area contributed by atoms with E-state index in [2.05, 4.69) is 83.9 Å². The van der Waals surface area contributed by atoms with Crippen LogP contribution in [0.4, 0.5) is 5.69 Å². The Hall–Kier alpha value is -3.63. The Bertz CT molecular complexity index is 1350. The van der Waals surface area contributed by atoms with Crippen LogP contribution in [0.3, 0.4) is 0 Å². The topological polar surface area (TPSA) is 45.5 Å². The molecule has 3 aromatic carbocycles. The predicted molar refractivity (Wildman–Crippen MR) is 141 cm³/mol. The SMILES string of the molecule is Cc1ccccc1-c1ccc2oc(=O)cc(NC3CCN(CC=Cc4ccccc4)CC3)c2c1. The molecule has 0 radical (unpaired) electrons. The van der Waals surface area contributed by atoms with Gasteiger partial charge in [0, 0.05) is 37.1 Å². The highest BCUT2D eigenvalue weighted by atomic mass is 16.4. The monoisotopic (exact) mass is 450 g/mol. The van der Waals surface area contributed by atoms with Crippen LogP contribution in [-0.2, 0) is 0 Å². The van der Waals surface area contributed by atoms with Crippen LogP contribution in [0.25, 0.3) is 28.2 Å². The molecule has 4 nitrogen and oxygen atoms in total. The smallest absolute Gasteiger partial charge is 0.338 e. The lowest BCUT2D eigenvalue weighted by atomic mass is 9.98. The highest BCUT2D eigenvalue weighted by Gasteiger charge is 2.19. The normalized spacial score (nSPS) is 15.2. The molecule has 0 unspecified atom stereocenters. The highest BCUT2D eigenvalue weighted by molar-refractivity contribution is 5.93. The van der Waals surface area contributed by atoms with Gasteiger partial charge in [-0.3, -0.25) is 4.90 Å². The minimum Gasteiger partial charge on any atom is -0.423 e. The molecule has 0 bridgehead atoms. The first-order valence-electron chi connectivity index (χ1n) is 12.0. The first-order chi connectivity index (χ1) is 16.7. The van der Waals surface area contributed by atoms with Crippen molar-refractivity contribution < 1.29 is 4.42 Å². The Balaban J connectivity index is 1.28. The van der Waals surface area contributed by atoms with Gasteiger partial charge in [-0.1, -0.05) is 72.8 Å². The van der Waals surface area contributed by atoms with Crippen LogP contribution in [-0.4, -0.2) is 30.6 Å². The van der Waals surface area contributed by atoms with Crippen LogP contribution in [0.1, 0.15) is 24.0 Å². The molecule has 4 aromatic rings. The fourth-order valence-corrected chi connectivity index (χ4v) is 4.73. The molecule has 2 heterocycles. The zero-order valence-corrected chi connectivity index (χ0v) is 19.5. The molecule has 5 rings (SSSR count). The van der Waals surface area contributed by atoms with Gasteiger partial charge in [0.15, 0.2) is 0 Å². The molecule has 1 saturated heterocycles. The number of aryl methyl sites for hydroxylation is 1. The van der Waals surface area contributed by atoms with Gasteiger partial charge < -0.3 is 9.73 Å². The molecular formula is C30H30N2O2. The summed E-state index contributed by atoms with van der Waals surface area (Å²) in [7, 11) is 0. The van der Waals surface area contributed by atoms with Gasteiger partial charge >= 0.3 is 5.63 Å². The molecule has 172 valence electrons. The number of anilines is 1. The number of fused-ring (bicyclic) bond motifs is 1. The van der Waals surface area contributed by atoms with Crippen molar-refractivity contribution in [3.63, 3.8) is 0 Å². The maximum atomic E-state index is 12.2. The number of benzene rings is 3.